The molecule has 0 aromatic carbocycles. The number of aliphatic carboxylic acids is 1. The number of aliphatic hydroxyl groups is 1. The van der Waals surface area contributed by atoms with Gasteiger partial charge in [0.1, 0.15) is 6.04 Å². The molecule has 0 radical (unpaired) electrons. The Bertz CT molecular complexity index is 615. The minimum atomic E-state index is -1.67. The number of quaternary nitrogens is 1. The maximum atomic E-state index is 11.0. The number of esters is 1. The number of nitrogens with two attached hydrogens (primary N) is 1. The third-order valence-electron chi connectivity index (χ3n) is 3.00. The molecule has 0 spiro atoms. The number of carbonyl (C=O) groups excluding carboxylic acids is 3. The summed E-state index contributed by atoms with van der Waals surface area (Å²) < 4.78 is 30.1. The molecule has 2 unspecified atom stereocenters. The summed E-state index contributed by atoms with van der Waals surface area (Å²) in [5.41, 5.74) is 8.77. The van der Waals surface area contributed by atoms with Gasteiger partial charge in [-0.1, -0.05) is 0 Å². The van der Waals surface area contributed by atoms with Crippen LogP contribution in [-0.4, -0.2) is 86.0 Å². The van der Waals surface area contributed by atoms with Crippen LogP contribution >= 0.6 is 33.8 Å². The van der Waals surface area contributed by atoms with Gasteiger partial charge in [0.25, 0.3) is 0 Å². The Balaban J connectivity index is -0.0000000675. The van der Waals surface area contributed by atoms with Crippen molar-refractivity contribution in [3.05, 3.63) is 0 Å². The molecule has 0 aromatic rings. The number of methoxy groups -OCH3 is 1. The van der Waals surface area contributed by atoms with E-state index >= 15 is 0 Å². The SMILES string of the molecule is CCNC(=O)CCC(N)C(=O)O.CCNC(=O)CCC([NH3+])C(=O)OC.CO.Cl.O=S(Cl)Cl.O=S=O.[Cl-]. The Kier molecular flexibility index (Phi) is 58.7. The lowest BCUT2D eigenvalue weighted by atomic mass is 10.1. The topological polar surface area (TPSA) is 247 Å². The van der Waals surface area contributed by atoms with Gasteiger partial charge in [-0.15, -0.1) is 12.4 Å². The van der Waals surface area contributed by atoms with Crippen molar-refractivity contribution in [2.24, 2.45) is 5.73 Å². The Labute approximate surface area is 237 Å². The van der Waals surface area contributed by atoms with Crippen molar-refractivity contribution in [3.8, 4) is 0 Å². The van der Waals surface area contributed by atoms with E-state index < -0.39 is 38.9 Å². The van der Waals surface area contributed by atoms with Gasteiger partial charge in [0.15, 0.2) is 6.04 Å². The number of hydrogen-bond donors (Lipinski definition) is 6. The molecule has 2 atom stereocenters. The van der Waals surface area contributed by atoms with E-state index in [1.807, 2.05) is 6.92 Å². The standard InChI is InChI=1S/C8H16N2O3.C7H14N2O3.CH4O.Cl2OS.2ClH.O2S/c1-3-10-7(11)5-4-6(9)8(12)13-2;1-2-9-6(10)4-3-5(8)7(11)12;1-2;1-4(2)3;;;1-3-2/h6H,3-5,9H2,1-2H3,(H,10,11);5H,2-4,8H2,1H3,(H,9,10)(H,11,12);2H,1H3;;2*1H;. The number of ether oxygens (including phenoxy) is 1. The average molecular weight is 650 g/mol. The van der Waals surface area contributed by atoms with E-state index in [-0.39, 0.29) is 55.4 Å². The quantitative estimate of drug-likeness (QED) is 0.0970. The van der Waals surface area contributed by atoms with E-state index in [1.54, 1.807) is 6.92 Å². The van der Waals surface area contributed by atoms with Gasteiger partial charge in [-0.05, 0) is 20.3 Å². The van der Waals surface area contributed by atoms with Crippen molar-refractivity contribution in [2.75, 3.05) is 27.3 Å². The summed E-state index contributed by atoms with van der Waals surface area (Å²) in [6.45, 7) is 4.81. The predicted molar refractivity (Wildman–Crippen MR) is 134 cm³/mol. The fourth-order valence-electron chi connectivity index (χ4n) is 1.57. The summed E-state index contributed by atoms with van der Waals surface area (Å²) in [4.78, 5) is 42.9. The van der Waals surface area contributed by atoms with Crippen LogP contribution in [0, 0.1) is 0 Å². The van der Waals surface area contributed by atoms with Crippen molar-refractivity contribution in [3.63, 3.8) is 0 Å². The van der Waals surface area contributed by atoms with E-state index in [2.05, 4.69) is 42.5 Å². The van der Waals surface area contributed by atoms with Gasteiger partial charge in [0.2, 0.25) is 21.0 Å². The third-order valence-corrected chi connectivity index (χ3v) is 3.00. The van der Waals surface area contributed by atoms with Gasteiger partial charge < -0.3 is 49.5 Å². The van der Waals surface area contributed by atoms with Crippen molar-refractivity contribution in [2.45, 2.75) is 51.6 Å². The minimum absolute atomic E-state index is 0. The molecule has 0 saturated heterocycles. The molecular formula is C16H36Cl4N4O10S2. The highest BCUT2D eigenvalue weighted by Crippen LogP contribution is 1.95. The normalized spacial score (nSPS) is 9.83. The van der Waals surface area contributed by atoms with Crippen molar-refractivity contribution < 1.29 is 64.9 Å². The Morgan fingerprint density at radius 3 is 1.58 bits per heavy atom. The number of carboxylic acid groups (broad SMARTS) is 1. The molecule has 0 saturated carbocycles. The van der Waals surface area contributed by atoms with Gasteiger partial charge in [-0.2, -0.15) is 8.42 Å². The number of nitrogens with one attached hydrogen (secondary N) is 2. The summed E-state index contributed by atoms with van der Waals surface area (Å²) >= 11 is -0.750. The second-order valence-electron chi connectivity index (χ2n) is 5.40. The molecule has 14 nitrogen and oxygen atoms in total. The van der Waals surface area contributed by atoms with Gasteiger partial charge in [-0.3, -0.25) is 14.4 Å². The van der Waals surface area contributed by atoms with Crippen molar-refractivity contribution in [1.82, 2.24) is 10.6 Å². The molecule has 0 fully saturated rings. The van der Waals surface area contributed by atoms with Crippen LogP contribution in [0.5, 0.6) is 0 Å². The van der Waals surface area contributed by atoms with Crippen LogP contribution in [0.15, 0.2) is 0 Å². The number of halogens is 4. The molecule has 9 N–H and O–H groups in total. The third kappa shape index (κ3) is 54.0. The monoisotopic (exact) mass is 648 g/mol. The summed E-state index contributed by atoms with van der Waals surface area (Å²) in [6, 6.07) is -1.39. The highest BCUT2D eigenvalue weighted by molar-refractivity contribution is 8.26. The molecule has 0 aliphatic carbocycles. The summed E-state index contributed by atoms with van der Waals surface area (Å²) in [6.07, 6.45) is 1.10. The summed E-state index contributed by atoms with van der Waals surface area (Å²) in [5.74, 6) is -1.65. The van der Waals surface area contributed by atoms with E-state index in [0.717, 1.165) is 7.11 Å². The fraction of sp³-hybridized carbons (Fsp3) is 0.750. The van der Waals surface area contributed by atoms with E-state index in [1.165, 1.54) is 7.11 Å². The number of carbonyl (C=O) groups is 4. The maximum absolute atomic E-state index is 11.0. The van der Waals surface area contributed by atoms with Crippen LogP contribution in [0.4, 0.5) is 0 Å². The van der Waals surface area contributed by atoms with Gasteiger partial charge in [0, 0.05) is 60.8 Å². The zero-order valence-electron chi connectivity index (χ0n) is 20.2. The molecule has 220 valence electrons. The van der Waals surface area contributed by atoms with Gasteiger partial charge in [0.05, 0.1) is 7.11 Å². The van der Waals surface area contributed by atoms with Crippen molar-refractivity contribution in [1.29, 1.82) is 0 Å². The Morgan fingerprint density at radius 1 is 1.03 bits per heavy atom. The highest BCUT2D eigenvalue weighted by atomic mass is 36.0. The first-order chi connectivity index (χ1) is 15.8. The number of rotatable bonds is 10. The average Bonchev–Trinajstić information content (AvgIpc) is 2.77. The molecule has 0 bridgehead atoms. The van der Waals surface area contributed by atoms with E-state index in [4.69, 9.17) is 28.6 Å². The van der Waals surface area contributed by atoms with Crippen LogP contribution in [-0.2, 0) is 44.7 Å². The van der Waals surface area contributed by atoms with Gasteiger partial charge >= 0.3 is 23.5 Å². The molecule has 0 rings (SSSR count). The lowest BCUT2D eigenvalue weighted by Gasteiger charge is -2.05. The summed E-state index contributed by atoms with van der Waals surface area (Å²) in [5, 5.41) is 20.6. The van der Waals surface area contributed by atoms with E-state index in [9.17, 15) is 19.2 Å². The van der Waals surface area contributed by atoms with E-state index in [0.29, 0.717) is 25.9 Å². The zero-order chi connectivity index (χ0) is 28.1. The number of aliphatic hydroxyl groups excluding tert-OH is 1. The molecule has 36 heavy (non-hydrogen) atoms. The second kappa shape index (κ2) is 41.0. The maximum Gasteiger partial charge on any atom is 0.364 e. The molecule has 0 heterocycles. The Morgan fingerprint density at radius 2 is 1.33 bits per heavy atom. The molecule has 2 amide bonds. The van der Waals surface area contributed by atoms with Crippen LogP contribution in [0.3, 0.4) is 0 Å². The lowest BCUT2D eigenvalue weighted by Crippen LogP contribution is -3.00. The van der Waals surface area contributed by atoms with Gasteiger partial charge in [-0.25, -0.2) is 9.00 Å². The smallest absolute Gasteiger partial charge is 0.364 e. The summed E-state index contributed by atoms with van der Waals surface area (Å²) in [7, 11) is 9.67. The lowest BCUT2D eigenvalue weighted by molar-refractivity contribution is -0.409. The van der Waals surface area contributed by atoms with Crippen LogP contribution < -0.4 is 34.5 Å². The van der Waals surface area contributed by atoms with Crippen LogP contribution in [0.25, 0.3) is 0 Å². The first-order valence-corrected chi connectivity index (χ1v) is 12.8. The molecule has 0 aliphatic rings. The molecular weight excluding hydrogens is 614 g/mol. The number of amides is 2. The predicted octanol–water partition coefficient (Wildman–Crippen LogP) is -4.59. The fourth-order valence-corrected chi connectivity index (χ4v) is 1.57. The largest absolute Gasteiger partial charge is 1.00 e. The molecule has 0 aliphatic heterocycles. The molecule has 0 aromatic heterocycles. The number of hydrogen-bond acceptors (Lipinski definition) is 10. The highest BCUT2D eigenvalue weighted by Gasteiger charge is 2.18. The number of carboxylic acids is 1. The Hall–Kier alpha value is -1.11. The second-order valence-corrected chi connectivity index (χ2v) is 8.06. The van der Waals surface area contributed by atoms with Crippen LogP contribution in [0.2, 0.25) is 0 Å². The van der Waals surface area contributed by atoms with Crippen LogP contribution in [0.1, 0.15) is 39.5 Å². The molecule has 20 heteroatoms. The minimum Gasteiger partial charge on any atom is -1.00 e. The zero-order valence-corrected chi connectivity index (χ0v) is 24.9. The first-order valence-electron chi connectivity index (χ1n) is 9.37. The van der Waals surface area contributed by atoms with Crippen molar-refractivity contribution >= 4 is 78.3 Å². The first kappa shape index (κ1) is 51.5.